The number of hydrogen-bond donors (Lipinski definition) is 1. The van der Waals surface area contributed by atoms with Crippen molar-refractivity contribution in [3.05, 3.63) is 57.8 Å². The van der Waals surface area contributed by atoms with Gasteiger partial charge in [-0.3, -0.25) is 9.59 Å². The fourth-order valence-electron chi connectivity index (χ4n) is 3.91. The first-order chi connectivity index (χ1) is 12.6. The highest BCUT2D eigenvalue weighted by Crippen LogP contribution is 2.30. The van der Waals surface area contributed by atoms with Crippen LogP contribution in [0.4, 0.5) is 0 Å². The lowest BCUT2D eigenvalue weighted by atomic mass is 9.92. The first kappa shape index (κ1) is 16.8. The Morgan fingerprint density at radius 3 is 2.77 bits per heavy atom. The Hall–Kier alpha value is -2.63. The summed E-state index contributed by atoms with van der Waals surface area (Å²) >= 11 is 0. The molecule has 0 aliphatic carbocycles. The Morgan fingerprint density at radius 2 is 2.00 bits per heavy atom. The predicted octanol–water partition coefficient (Wildman–Crippen LogP) is 2.18. The molecule has 2 aliphatic heterocycles. The van der Waals surface area contributed by atoms with Crippen molar-refractivity contribution in [1.82, 2.24) is 14.9 Å². The van der Waals surface area contributed by atoms with E-state index in [0.717, 1.165) is 37.1 Å². The second-order valence-electron chi connectivity index (χ2n) is 7.11. The minimum absolute atomic E-state index is 0.0769. The number of aryl methyl sites for hydroxylation is 2. The van der Waals surface area contributed by atoms with Gasteiger partial charge in [-0.15, -0.1) is 0 Å². The Morgan fingerprint density at radius 1 is 1.23 bits per heavy atom. The summed E-state index contributed by atoms with van der Waals surface area (Å²) in [6, 6.07) is 9.50. The van der Waals surface area contributed by atoms with Crippen molar-refractivity contribution >= 4 is 5.91 Å². The van der Waals surface area contributed by atoms with Crippen LogP contribution in [0.3, 0.4) is 0 Å². The van der Waals surface area contributed by atoms with Crippen LogP contribution in [0, 0.1) is 6.92 Å². The molecule has 0 saturated carbocycles. The van der Waals surface area contributed by atoms with Gasteiger partial charge in [-0.05, 0) is 44.2 Å². The normalized spacial score (nSPS) is 20.3. The molecule has 1 fully saturated rings. The Kier molecular flexibility index (Phi) is 4.49. The molecule has 1 saturated heterocycles. The molecule has 1 aromatic carbocycles. The first-order valence-corrected chi connectivity index (χ1v) is 9.21. The number of likely N-dealkylation sites (tertiary alicyclic amines) is 1. The summed E-state index contributed by atoms with van der Waals surface area (Å²) < 4.78 is 5.94. The number of H-pyrrole nitrogens is 1. The molecule has 2 aromatic rings. The van der Waals surface area contributed by atoms with Crippen molar-refractivity contribution in [2.75, 3.05) is 13.1 Å². The molecule has 4 rings (SSSR count). The van der Waals surface area contributed by atoms with E-state index < -0.39 is 0 Å². The monoisotopic (exact) mass is 353 g/mol. The average Bonchev–Trinajstić information content (AvgIpc) is 2.66. The van der Waals surface area contributed by atoms with Gasteiger partial charge in [0.1, 0.15) is 11.6 Å². The molecule has 6 heteroatoms. The van der Waals surface area contributed by atoms with Crippen LogP contribution >= 0.6 is 0 Å². The number of rotatable bonds is 2. The number of hydrogen-bond acceptors (Lipinski definition) is 4. The molecule has 0 bridgehead atoms. The van der Waals surface area contributed by atoms with Crippen molar-refractivity contribution in [1.29, 1.82) is 0 Å². The van der Waals surface area contributed by atoms with E-state index in [2.05, 4.69) is 16.0 Å². The largest absolute Gasteiger partial charge is 0.480 e. The summed E-state index contributed by atoms with van der Waals surface area (Å²) in [6.07, 6.45) is 2.86. The standard InChI is InChI=1S/C20H23N3O3/c1-13-21-16(12-19(24)22-13)14-8-10-23(11-9-14)20(25)18-7-6-15-4-2-3-5-17(15)26-18/h2-5,12,14,18H,6-11H2,1H3,(H,21,22,24)/t18-/m1/s1. The minimum atomic E-state index is -0.388. The van der Waals surface area contributed by atoms with Crippen LogP contribution in [0.5, 0.6) is 5.75 Å². The smallest absolute Gasteiger partial charge is 0.263 e. The Bertz CT molecular complexity index is 869. The minimum Gasteiger partial charge on any atom is -0.480 e. The van der Waals surface area contributed by atoms with E-state index in [1.807, 2.05) is 23.1 Å². The molecule has 0 radical (unpaired) electrons. The number of piperidine rings is 1. The van der Waals surface area contributed by atoms with Gasteiger partial charge in [-0.2, -0.15) is 0 Å². The Labute approximate surface area is 152 Å². The third-order valence-corrected chi connectivity index (χ3v) is 5.30. The Balaban J connectivity index is 1.39. The average molecular weight is 353 g/mol. The summed E-state index contributed by atoms with van der Waals surface area (Å²) in [7, 11) is 0. The van der Waals surface area contributed by atoms with E-state index in [1.54, 1.807) is 13.0 Å². The van der Waals surface area contributed by atoms with E-state index in [1.165, 1.54) is 5.56 Å². The molecule has 1 N–H and O–H groups in total. The van der Waals surface area contributed by atoms with E-state index in [4.69, 9.17) is 4.74 Å². The van der Waals surface area contributed by atoms with Crippen molar-refractivity contribution in [2.45, 2.75) is 44.6 Å². The van der Waals surface area contributed by atoms with Gasteiger partial charge < -0.3 is 14.6 Å². The first-order valence-electron chi connectivity index (χ1n) is 9.21. The third-order valence-electron chi connectivity index (χ3n) is 5.30. The molecule has 26 heavy (non-hydrogen) atoms. The maximum atomic E-state index is 12.8. The van der Waals surface area contributed by atoms with Crippen molar-refractivity contribution < 1.29 is 9.53 Å². The van der Waals surface area contributed by atoms with Gasteiger partial charge in [-0.1, -0.05) is 18.2 Å². The topological polar surface area (TPSA) is 75.3 Å². The van der Waals surface area contributed by atoms with E-state index in [0.29, 0.717) is 18.9 Å². The van der Waals surface area contributed by atoms with E-state index in [-0.39, 0.29) is 23.5 Å². The number of nitrogens with one attached hydrogen (secondary N) is 1. The summed E-state index contributed by atoms with van der Waals surface area (Å²) in [5, 5.41) is 0. The number of benzene rings is 1. The van der Waals surface area contributed by atoms with Crippen LogP contribution in [0.15, 0.2) is 35.1 Å². The van der Waals surface area contributed by atoms with Gasteiger partial charge in [0.15, 0.2) is 6.10 Å². The van der Waals surface area contributed by atoms with Gasteiger partial charge >= 0.3 is 0 Å². The lowest BCUT2D eigenvalue weighted by molar-refractivity contribution is -0.140. The van der Waals surface area contributed by atoms with Gasteiger partial charge in [0, 0.05) is 25.1 Å². The maximum Gasteiger partial charge on any atom is 0.263 e. The summed E-state index contributed by atoms with van der Waals surface area (Å²) in [5.41, 5.74) is 1.90. The summed E-state index contributed by atoms with van der Waals surface area (Å²) in [6.45, 7) is 3.15. The third kappa shape index (κ3) is 3.36. The maximum absolute atomic E-state index is 12.8. The fraction of sp³-hybridized carbons (Fsp3) is 0.450. The highest BCUT2D eigenvalue weighted by molar-refractivity contribution is 5.81. The van der Waals surface area contributed by atoms with Crippen molar-refractivity contribution in [2.24, 2.45) is 0 Å². The number of amides is 1. The number of para-hydroxylation sites is 1. The van der Waals surface area contributed by atoms with Crippen LogP contribution in [0.25, 0.3) is 0 Å². The molecular formula is C20H23N3O3. The molecule has 1 atom stereocenters. The number of aromatic amines is 1. The molecule has 6 nitrogen and oxygen atoms in total. The zero-order valence-corrected chi connectivity index (χ0v) is 14.9. The molecule has 0 spiro atoms. The van der Waals surface area contributed by atoms with Gasteiger partial charge in [0.25, 0.3) is 11.5 Å². The molecular weight excluding hydrogens is 330 g/mol. The molecule has 1 aromatic heterocycles. The van der Waals surface area contributed by atoms with Crippen LogP contribution < -0.4 is 10.3 Å². The number of aromatic nitrogens is 2. The van der Waals surface area contributed by atoms with Crippen LogP contribution in [-0.2, 0) is 11.2 Å². The van der Waals surface area contributed by atoms with Gasteiger partial charge in [-0.25, -0.2) is 4.98 Å². The number of carbonyl (C=O) groups is 1. The highest BCUT2D eigenvalue weighted by atomic mass is 16.5. The fourth-order valence-corrected chi connectivity index (χ4v) is 3.91. The van der Waals surface area contributed by atoms with Crippen LogP contribution in [-0.4, -0.2) is 40.0 Å². The van der Waals surface area contributed by atoms with Gasteiger partial charge in [0.2, 0.25) is 0 Å². The lowest BCUT2D eigenvalue weighted by Crippen LogP contribution is -2.46. The number of carbonyl (C=O) groups excluding carboxylic acids is 1. The molecule has 1 amide bonds. The zero-order valence-electron chi connectivity index (χ0n) is 14.9. The molecule has 2 aliphatic rings. The second-order valence-corrected chi connectivity index (χ2v) is 7.11. The van der Waals surface area contributed by atoms with Gasteiger partial charge in [0.05, 0.1) is 5.69 Å². The zero-order chi connectivity index (χ0) is 18.1. The summed E-state index contributed by atoms with van der Waals surface area (Å²) in [5.74, 6) is 1.77. The summed E-state index contributed by atoms with van der Waals surface area (Å²) in [4.78, 5) is 33.5. The van der Waals surface area contributed by atoms with E-state index >= 15 is 0 Å². The number of fused-ring (bicyclic) bond motifs is 1. The molecule has 136 valence electrons. The van der Waals surface area contributed by atoms with Crippen LogP contribution in [0.1, 0.15) is 42.3 Å². The number of ether oxygens (including phenoxy) is 1. The van der Waals surface area contributed by atoms with Crippen LogP contribution in [0.2, 0.25) is 0 Å². The van der Waals surface area contributed by atoms with Crippen molar-refractivity contribution in [3.8, 4) is 5.75 Å². The second kappa shape index (κ2) is 6.94. The quantitative estimate of drug-likeness (QED) is 0.898. The van der Waals surface area contributed by atoms with Crippen molar-refractivity contribution in [3.63, 3.8) is 0 Å². The lowest BCUT2D eigenvalue weighted by Gasteiger charge is -2.35. The molecule has 0 unspecified atom stereocenters. The number of nitrogens with zero attached hydrogens (tertiary/aromatic N) is 2. The highest BCUT2D eigenvalue weighted by Gasteiger charge is 2.32. The SMILES string of the molecule is Cc1nc(C2CCN(C(=O)[C@H]3CCc4ccccc4O3)CC2)cc(=O)[nH]1. The van der Waals surface area contributed by atoms with E-state index in [9.17, 15) is 9.59 Å². The predicted molar refractivity (Wildman–Crippen MR) is 97.3 cm³/mol. The molecule has 3 heterocycles.